The van der Waals surface area contributed by atoms with Crippen LogP contribution in [0.1, 0.15) is 0 Å². The van der Waals surface area contributed by atoms with E-state index in [0.717, 1.165) is 0 Å². The Morgan fingerprint density at radius 1 is 1.25 bits per heavy atom. The molecule has 4 heavy (non-hydrogen) atoms. The molecule has 0 radical (unpaired) electrons. The number of hydrogen-bond donors (Lipinski definition) is 0. The third-order valence-electron chi connectivity index (χ3n) is 0. The van der Waals surface area contributed by atoms with Gasteiger partial charge in [0.25, 0.3) is 0 Å². The molecule has 1 nitrogen and oxygen atoms in total. The molecule has 0 aromatic heterocycles. The van der Waals surface area contributed by atoms with Gasteiger partial charge in [0.05, 0.1) is 0 Å². The summed E-state index contributed by atoms with van der Waals surface area (Å²) in [6, 6.07) is 0. The van der Waals surface area contributed by atoms with Gasteiger partial charge in [0.15, 0.2) is 0 Å². The van der Waals surface area contributed by atoms with Gasteiger partial charge in [-0.2, -0.15) is 0 Å². The fourth-order valence-electron chi connectivity index (χ4n) is 0. The Kier molecular flexibility index (Phi) is 20.6. The molecule has 0 amide bonds. The molecule has 0 saturated heterocycles. The number of hydrogen-bond acceptors (Lipinski definition) is 1. The standard InChI is InChI=1S/Br2O.Hg/c1-3-2;. The van der Waals surface area contributed by atoms with Crippen LogP contribution in [-0.4, -0.2) is 0 Å². The van der Waals surface area contributed by atoms with Gasteiger partial charge in [0.2, 0.25) is 0 Å². The summed E-state index contributed by atoms with van der Waals surface area (Å²) in [6.07, 6.45) is 0. The molecule has 22 valence electrons. The predicted molar refractivity (Wildman–Crippen MR) is 18.9 cm³/mol. The van der Waals surface area contributed by atoms with Gasteiger partial charge in [-0.3, -0.25) is 0 Å². The number of rotatable bonds is 0. The molecule has 0 aromatic rings. The third-order valence-corrected chi connectivity index (χ3v) is 0. The first-order chi connectivity index (χ1) is 1.41. The maximum atomic E-state index is 3.88. The van der Waals surface area contributed by atoms with Crippen molar-refractivity contribution >= 4 is 32.5 Å². The summed E-state index contributed by atoms with van der Waals surface area (Å²) in [4.78, 5) is 0. The Morgan fingerprint density at radius 2 is 1.25 bits per heavy atom. The van der Waals surface area contributed by atoms with Gasteiger partial charge >= 0.3 is 0 Å². The van der Waals surface area contributed by atoms with E-state index in [9.17, 15) is 0 Å². The number of halogens is 2. The molecule has 0 atom stereocenters. The molecule has 0 unspecified atom stereocenters. The molecular weight excluding hydrogens is 376 g/mol. The summed E-state index contributed by atoms with van der Waals surface area (Å²) in [5.74, 6) is 0. The van der Waals surface area contributed by atoms with Gasteiger partial charge in [-0.25, -0.2) is 2.92 Å². The second kappa shape index (κ2) is 8.85. The Balaban J connectivity index is 0. The monoisotopic (exact) mass is 376 g/mol. The van der Waals surface area contributed by atoms with Crippen LogP contribution in [0, 0.1) is 0 Å². The minimum atomic E-state index is 0. The summed E-state index contributed by atoms with van der Waals surface area (Å²) in [6.45, 7) is 0. The fourth-order valence-corrected chi connectivity index (χ4v) is 0. The van der Waals surface area contributed by atoms with E-state index < -0.39 is 0 Å². The van der Waals surface area contributed by atoms with Crippen LogP contribution in [-0.2, 0) is 30.6 Å². The largest absolute Gasteiger partial charge is 0.230 e. The molecule has 0 N–H and O–H groups in total. The summed E-state index contributed by atoms with van der Waals surface area (Å²) < 4.78 is 3.88. The van der Waals surface area contributed by atoms with Crippen LogP contribution in [0.4, 0.5) is 0 Å². The first kappa shape index (κ1) is 9.29. The second-order valence-electron chi connectivity index (χ2n) is 0.0583. The summed E-state index contributed by atoms with van der Waals surface area (Å²) in [5.41, 5.74) is 0. The molecule has 0 fully saturated rings. The van der Waals surface area contributed by atoms with Gasteiger partial charge in [0.1, 0.15) is 32.5 Å². The Hall–Kier alpha value is 1.86. The maximum absolute atomic E-state index is 3.88. The summed E-state index contributed by atoms with van der Waals surface area (Å²) >= 11 is 5.12. The van der Waals surface area contributed by atoms with E-state index in [1.165, 1.54) is 0 Å². The summed E-state index contributed by atoms with van der Waals surface area (Å²) in [5, 5.41) is 0. The average Bonchev–Trinajstić information content (AvgIpc) is 0.918. The van der Waals surface area contributed by atoms with E-state index in [0.29, 0.717) is 0 Å². The topological polar surface area (TPSA) is 9.23 Å². The molecule has 0 heterocycles. The molecule has 0 saturated carbocycles. The van der Waals surface area contributed by atoms with E-state index in [4.69, 9.17) is 0 Å². The van der Waals surface area contributed by atoms with Gasteiger partial charge in [-0.1, -0.05) is 0 Å². The smallest absolute Gasteiger partial charge is 0.115 e. The van der Waals surface area contributed by atoms with Gasteiger partial charge < -0.3 is 0 Å². The van der Waals surface area contributed by atoms with Crippen LogP contribution >= 0.6 is 32.5 Å². The molecule has 0 aromatic carbocycles. The molecule has 0 spiro atoms. The van der Waals surface area contributed by atoms with Crippen LogP contribution in [0.15, 0.2) is 0 Å². The van der Waals surface area contributed by atoms with E-state index >= 15 is 0 Å². The van der Waals surface area contributed by atoms with Crippen LogP contribution in [0.3, 0.4) is 0 Å². The predicted octanol–water partition coefficient (Wildman–Crippen LogP) is 1.62. The fraction of sp³-hybridized carbons (Fsp3) is 0. The average molecular weight is 376 g/mol. The third kappa shape index (κ3) is 9.13. The van der Waals surface area contributed by atoms with Crippen molar-refractivity contribution in [2.45, 2.75) is 0 Å². The van der Waals surface area contributed by atoms with Crippen molar-refractivity contribution in [3.05, 3.63) is 0 Å². The summed E-state index contributed by atoms with van der Waals surface area (Å²) in [7, 11) is 0. The van der Waals surface area contributed by atoms with Crippen LogP contribution in [0.2, 0.25) is 0 Å². The zero-order valence-corrected chi connectivity index (χ0v) is 10.5. The molecule has 0 aliphatic heterocycles. The van der Waals surface area contributed by atoms with Crippen LogP contribution < -0.4 is 0 Å². The Morgan fingerprint density at radius 3 is 1.25 bits per heavy atom. The van der Waals surface area contributed by atoms with Crippen LogP contribution in [0.5, 0.6) is 0 Å². The SMILES string of the molecule is BrOBr.[Hg]. The van der Waals surface area contributed by atoms with Gasteiger partial charge in [-0.15, -0.1) is 0 Å². The van der Waals surface area contributed by atoms with Crippen molar-refractivity contribution in [2.24, 2.45) is 0 Å². The van der Waals surface area contributed by atoms with Crippen molar-refractivity contribution < 1.29 is 30.6 Å². The van der Waals surface area contributed by atoms with E-state index in [1.807, 2.05) is 0 Å². The molecule has 4 heteroatoms. The molecule has 0 rings (SSSR count). The van der Waals surface area contributed by atoms with Crippen molar-refractivity contribution in [2.75, 3.05) is 0 Å². The quantitative estimate of drug-likeness (QED) is 0.584. The maximum Gasteiger partial charge on any atom is 0.115 e. The van der Waals surface area contributed by atoms with Crippen LogP contribution in [0.25, 0.3) is 0 Å². The zero-order valence-electron chi connectivity index (χ0n) is 1.87. The minimum Gasteiger partial charge on any atom is -0.230 e. The Labute approximate surface area is 62.5 Å². The molecule has 0 aliphatic rings. The van der Waals surface area contributed by atoms with Crippen molar-refractivity contribution in [1.82, 2.24) is 0 Å². The van der Waals surface area contributed by atoms with Crippen molar-refractivity contribution in [1.29, 1.82) is 0 Å². The zero-order chi connectivity index (χ0) is 2.71. The molecular formula is Br2HgO. The molecule has 0 bridgehead atoms. The first-order valence-electron chi connectivity index (χ1n) is 0.309. The first-order valence-corrected chi connectivity index (χ1v) is 1.60. The minimum absolute atomic E-state index is 0. The van der Waals surface area contributed by atoms with Crippen molar-refractivity contribution in [3.8, 4) is 0 Å². The second-order valence-corrected chi connectivity index (χ2v) is 1.57. The van der Waals surface area contributed by atoms with Crippen molar-refractivity contribution in [3.63, 3.8) is 0 Å². The van der Waals surface area contributed by atoms with Gasteiger partial charge in [0, 0.05) is 27.7 Å². The van der Waals surface area contributed by atoms with Gasteiger partial charge in [-0.05, 0) is 0 Å². The molecule has 0 aliphatic carbocycles. The van der Waals surface area contributed by atoms with E-state index in [-0.39, 0.29) is 27.7 Å². The van der Waals surface area contributed by atoms with E-state index in [2.05, 4.69) is 35.4 Å². The normalized spacial score (nSPS) is 4.50. The Bertz CT molecular complexity index is 6.00. The van der Waals surface area contributed by atoms with E-state index in [1.54, 1.807) is 0 Å².